The van der Waals surface area contributed by atoms with Crippen LogP contribution in [0.15, 0.2) is 54.6 Å². The minimum absolute atomic E-state index is 0.0782. The first kappa shape index (κ1) is 26.4. The van der Waals surface area contributed by atoms with Crippen molar-refractivity contribution in [2.75, 3.05) is 37.7 Å². The summed E-state index contributed by atoms with van der Waals surface area (Å²) in [5.41, 5.74) is 2.03. The third-order valence-corrected chi connectivity index (χ3v) is 6.47. The third kappa shape index (κ3) is 6.19. The predicted octanol–water partition coefficient (Wildman–Crippen LogP) is 4.22. The molecule has 0 unspecified atom stereocenters. The number of halogens is 3. The van der Waals surface area contributed by atoms with Gasteiger partial charge in [-0.1, -0.05) is 54.6 Å². The fourth-order valence-electron chi connectivity index (χ4n) is 4.12. The molecule has 196 valence electrons. The van der Waals surface area contributed by atoms with Crippen LogP contribution in [0.5, 0.6) is 0 Å². The molecule has 4 rings (SSSR count). The summed E-state index contributed by atoms with van der Waals surface area (Å²) in [6.07, 6.45) is -5.27. The van der Waals surface area contributed by atoms with Crippen molar-refractivity contribution in [3.8, 4) is 22.4 Å². The van der Waals surface area contributed by atoms with E-state index in [-0.39, 0.29) is 50.1 Å². The molecule has 1 fully saturated rings. The van der Waals surface area contributed by atoms with Gasteiger partial charge < -0.3 is 14.5 Å². The van der Waals surface area contributed by atoms with E-state index < -0.39 is 28.8 Å². The molecule has 1 saturated heterocycles. The third-order valence-electron chi connectivity index (χ3n) is 5.85. The lowest BCUT2D eigenvalue weighted by Gasteiger charge is -2.36. The monoisotopic (exact) mass is 534 g/mol. The van der Waals surface area contributed by atoms with Crippen molar-refractivity contribution in [1.82, 2.24) is 14.9 Å². The summed E-state index contributed by atoms with van der Waals surface area (Å²) in [5, 5.41) is 0. The molecule has 0 N–H and O–H groups in total. The molecule has 0 radical (unpaired) electrons. The first-order valence-corrected chi connectivity index (χ1v) is 13.0. The Morgan fingerprint density at radius 2 is 1.59 bits per heavy atom. The molecule has 0 aliphatic carbocycles. The highest BCUT2D eigenvalue weighted by molar-refractivity contribution is 7.71. The average molecular weight is 535 g/mol. The van der Waals surface area contributed by atoms with Crippen LogP contribution in [-0.2, 0) is 27.4 Å². The van der Waals surface area contributed by atoms with Gasteiger partial charge in [-0.25, -0.2) is 23.2 Å². The number of ether oxygens (including phenoxy) is 1. The molecule has 2 aromatic carbocycles. The first-order chi connectivity index (χ1) is 17.7. The molecule has 8 nitrogen and oxygen atoms in total. The summed E-state index contributed by atoms with van der Waals surface area (Å²) < 4.78 is 69.1. The number of thiol groups is 1. The average Bonchev–Trinajstić information content (AvgIpc) is 2.88. The van der Waals surface area contributed by atoms with Gasteiger partial charge in [0.1, 0.15) is 16.5 Å². The summed E-state index contributed by atoms with van der Waals surface area (Å²) in [7, 11) is -2.65. The Kier molecular flexibility index (Phi) is 7.96. The number of aromatic nitrogens is 2. The van der Waals surface area contributed by atoms with Gasteiger partial charge in [-0.05, 0) is 18.1 Å². The van der Waals surface area contributed by atoms with Gasteiger partial charge in [-0.2, -0.15) is 13.2 Å². The zero-order valence-electron chi connectivity index (χ0n) is 19.9. The zero-order valence-corrected chi connectivity index (χ0v) is 20.8. The lowest BCUT2D eigenvalue weighted by Crippen LogP contribution is -2.49. The van der Waals surface area contributed by atoms with Crippen LogP contribution < -0.4 is 4.90 Å². The van der Waals surface area contributed by atoms with Crippen LogP contribution >= 0.6 is 0 Å². The van der Waals surface area contributed by atoms with Crippen LogP contribution in [0.2, 0.25) is 0 Å². The van der Waals surface area contributed by atoms with E-state index in [2.05, 4.69) is 9.97 Å². The number of rotatable bonds is 6. The Morgan fingerprint density at radius 3 is 2.16 bits per heavy atom. The van der Waals surface area contributed by atoms with Crippen molar-refractivity contribution >= 4 is 22.6 Å². The van der Waals surface area contributed by atoms with Gasteiger partial charge in [0.25, 0.3) is 0 Å². The summed E-state index contributed by atoms with van der Waals surface area (Å²) in [6, 6.07) is 15.1. The fourth-order valence-corrected chi connectivity index (χ4v) is 4.63. The maximum absolute atomic E-state index is 13.9. The van der Waals surface area contributed by atoms with Crippen molar-refractivity contribution in [3.63, 3.8) is 0 Å². The predicted molar refractivity (Wildman–Crippen MR) is 133 cm³/mol. The van der Waals surface area contributed by atoms with Crippen molar-refractivity contribution in [3.05, 3.63) is 66.0 Å². The number of nitrogens with zero attached hydrogens (tertiary/aromatic N) is 4. The zero-order chi connectivity index (χ0) is 26.6. The number of benzene rings is 2. The highest BCUT2D eigenvalue weighted by Crippen LogP contribution is 2.40. The summed E-state index contributed by atoms with van der Waals surface area (Å²) in [4.78, 5) is 23.3. The Labute approximate surface area is 213 Å². The minimum atomic E-state index is -4.80. The number of hydrogen-bond acceptors (Lipinski definition) is 7. The Morgan fingerprint density at radius 1 is 0.946 bits per heavy atom. The van der Waals surface area contributed by atoms with Gasteiger partial charge >= 0.3 is 12.3 Å². The van der Waals surface area contributed by atoms with E-state index in [0.717, 1.165) is 0 Å². The maximum atomic E-state index is 13.9. The topological polar surface area (TPSA) is 92.7 Å². The standard InChI is InChI=1S/C25H25F3N4O4S/c1-2-36-24(33)32-14-12-31(13-15-32)22-20(18-6-4-3-5-7-18)21(29-23(30-22)25(26,27)28)19-10-8-17(9-11-19)16-37(34)35/h3-11,37H,2,12-16H2,1H3. The molecule has 1 aromatic heterocycles. The van der Waals surface area contributed by atoms with Gasteiger partial charge in [-0.3, -0.25) is 0 Å². The molecule has 12 heteroatoms. The molecular weight excluding hydrogens is 509 g/mol. The number of carbonyl (C=O) groups excluding carboxylic acids is 1. The second-order valence-corrected chi connectivity index (χ2v) is 9.30. The smallest absolute Gasteiger partial charge is 0.450 e. The van der Waals surface area contributed by atoms with E-state index in [1.807, 2.05) is 0 Å². The van der Waals surface area contributed by atoms with Crippen LogP contribution in [0.25, 0.3) is 22.4 Å². The summed E-state index contributed by atoms with van der Waals surface area (Å²) in [5.74, 6) is -1.34. The van der Waals surface area contributed by atoms with Gasteiger partial charge in [0.15, 0.2) is 0 Å². The SMILES string of the molecule is CCOC(=O)N1CCN(c2nc(C(F)(F)F)nc(-c3ccc(C[SH](=O)=O)cc3)c2-c2ccccc2)CC1. The molecule has 0 atom stereocenters. The Balaban J connectivity index is 1.84. The van der Waals surface area contributed by atoms with Gasteiger partial charge in [0, 0.05) is 31.7 Å². The van der Waals surface area contributed by atoms with Gasteiger partial charge in [0.2, 0.25) is 5.82 Å². The Bertz CT molecular complexity index is 1320. The quantitative estimate of drug-likeness (QED) is 0.474. The molecule has 1 aliphatic heterocycles. The number of anilines is 1. The lowest BCUT2D eigenvalue weighted by molar-refractivity contribution is -0.144. The molecule has 0 bridgehead atoms. The molecular formula is C25H25F3N4O4S. The van der Waals surface area contributed by atoms with Crippen molar-refractivity contribution in [1.29, 1.82) is 0 Å². The van der Waals surface area contributed by atoms with Gasteiger partial charge in [-0.15, -0.1) is 0 Å². The highest BCUT2D eigenvalue weighted by atomic mass is 32.2. The Hall–Kier alpha value is -3.67. The van der Waals surface area contributed by atoms with Crippen LogP contribution in [0.1, 0.15) is 18.3 Å². The second kappa shape index (κ2) is 11.2. The molecule has 2 heterocycles. The van der Waals surface area contributed by atoms with Crippen LogP contribution in [0, 0.1) is 0 Å². The van der Waals surface area contributed by atoms with E-state index in [1.54, 1.807) is 66.4 Å². The molecule has 37 heavy (non-hydrogen) atoms. The molecule has 1 amide bonds. The lowest BCUT2D eigenvalue weighted by atomic mass is 9.98. The first-order valence-electron chi connectivity index (χ1n) is 11.6. The summed E-state index contributed by atoms with van der Waals surface area (Å²) >= 11 is 0. The minimum Gasteiger partial charge on any atom is -0.450 e. The molecule has 1 aliphatic rings. The number of alkyl halides is 3. The van der Waals surface area contributed by atoms with E-state index in [1.165, 1.54) is 4.90 Å². The normalized spacial score (nSPS) is 14.2. The van der Waals surface area contributed by atoms with E-state index >= 15 is 0 Å². The van der Waals surface area contributed by atoms with Crippen molar-refractivity contribution in [2.45, 2.75) is 18.9 Å². The molecule has 3 aromatic rings. The van der Waals surface area contributed by atoms with Crippen molar-refractivity contribution < 1.29 is 31.1 Å². The van der Waals surface area contributed by atoms with E-state index in [4.69, 9.17) is 4.74 Å². The largest absolute Gasteiger partial charge is 0.451 e. The van der Waals surface area contributed by atoms with Crippen LogP contribution in [0.3, 0.4) is 0 Å². The van der Waals surface area contributed by atoms with E-state index in [9.17, 15) is 26.4 Å². The number of hydrogen-bond donors (Lipinski definition) is 1. The number of carbonyl (C=O) groups is 1. The fraction of sp³-hybridized carbons (Fsp3) is 0.320. The highest BCUT2D eigenvalue weighted by Gasteiger charge is 2.38. The number of amides is 1. The summed E-state index contributed by atoms with van der Waals surface area (Å²) in [6.45, 7) is 2.95. The van der Waals surface area contributed by atoms with Crippen molar-refractivity contribution in [2.24, 2.45) is 0 Å². The second-order valence-electron chi connectivity index (χ2n) is 8.32. The molecule has 0 spiro atoms. The van der Waals surface area contributed by atoms with E-state index in [0.29, 0.717) is 22.3 Å². The van der Waals surface area contributed by atoms with Crippen LogP contribution in [0.4, 0.5) is 23.8 Å². The number of piperazine rings is 1. The van der Waals surface area contributed by atoms with Crippen LogP contribution in [-0.4, -0.2) is 62.2 Å². The molecule has 0 saturated carbocycles. The van der Waals surface area contributed by atoms with Gasteiger partial charge in [0.05, 0.1) is 23.6 Å². The maximum Gasteiger partial charge on any atom is 0.451 e.